The number of pyridine rings is 2. The summed E-state index contributed by atoms with van der Waals surface area (Å²) in [5.41, 5.74) is 9.93. The van der Waals surface area contributed by atoms with Gasteiger partial charge in [0.1, 0.15) is 11.6 Å². The summed E-state index contributed by atoms with van der Waals surface area (Å²) in [7, 11) is 1.74. The molecule has 4 aromatic rings. The number of carbonyl (C=O) groups excluding carboxylic acids is 1. The van der Waals surface area contributed by atoms with Crippen LogP contribution in [-0.4, -0.2) is 25.7 Å². The predicted molar refractivity (Wildman–Crippen MR) is 125 cm³/mol. The maximum atomic E-state index is 14.7. The third kappa shape index (κ3) is 3.64. The molecule has 34 heavy (non-hydrogen) atoms. The first-order valence-electron chi connectivity index (χ1n) is 10.6. The number of benzene rings is 1. The highest BCUT2D eigenvalue weighted by Gasteiger charge is 2.27. The van der Waals surface area contributed by atoms with Gasteiger partial charge in [-0.3, -0.25) is 19.4 Å². The lowest BCUT2D eigenvalue weighted by Gasteiger charge is -2.21. The van der Waals surface area contributed by atoms with E-state index < -0.39 is 5.82 Å². The number of terminal acetylenes is 1. The Morgan fingerprint density at radius 3 is 2.91 bits per heavy atom. The van der Waals surface area contributed by atoms with Crippen molar-refractivity contribution in [3.63, 3.8) is 0 Å². The summed E-state index contributed by atoms with van der Waals surface area (Å²) in [6, 6.07) is 6.44. The number of aromatic nitrogens is 4. The van der Waals surface area contributed by atoms with Crippen molar-refractivity contribution in [2.45, 2.75) is 26.2 Å². The number of hydrogen-bond donors (Lipinski definition) is 1. The lowest BCUT2D eigenvalue weighted by molar-refractivity contribution is 0.0801. The Kier molecular flexibility index (Phi) is 5.23. The second-order valence-corrected chi connectivity index (χ2v) is 8.13. The first-order valence-corrected chi connectivity index (χ1v) is 10.6. The van der Waals surface area contributed by atoms with Crippen LogP contribution in [0.3, 0.4) is 0 Å². The largest absolute Gasteiger partial charge is 0.383 e. The fourth-order valence-electron chi connectivity index (χ4n) is 4.19. The Balaban J connectivity index is 1.58. The van der Waals surface area contributed by atoms with E-state index >= 15 is 0 Å². The van der Waals surface area contributed by atoms with Gasteiger partial charge in [-0.05, 0) is 36.8 Å². The van der Waals surface area contributed by atoms with E-state index in [4.69, 9.17) is 16.9 Å². The van der Waals surface area contributed by atoms with Gasteiger partial charge in [-0.2, -0.15) is 5.10 Å². The lowest BCUT2D eigenvalue weighted by Crippen LogP contribution is -2.31. The molecule has 1 unspecified atom stereocenters. The van der Waals surface area contributed by atoms with Gasteiger partial charge in [0.05, 0.1) is 42.4 Å². The second-order valence-electron chi connectivity index (χ2n) is 8.13. The van der Waals surface area contributed by atoms with Gasteiger partial charge in [0.15, 0.2) is 0 Å². The molecule has 8 nitrogen and oxygen atoms in total. The maximum Gasteiger partial charge on any atom is 0.258 e. The minimum atomic E-state index is -0.584. The fraction of sp³-hybridized carbons (Fsp3) is 0.200. The van der Waals surface area contributed by atoms with Crippen molar-refractivity contribution in [3.05, 3.63) is 76.6 Å². The molecule has 0 fully saturated rings. The van der Waals surface area contributed by atoms with Crippen LogP contribution < -0.4 is 10.6 Å². The van der Waals surface area contributed by atoms with Crippen molar-refractivity contribution >= 4 is 28.3 Å². The van der Waals surface area contributed by atoms with Crippen molar-refractivity contribution in [3.8, 4) is 12.3 Å². The van der Waals surface area contributed by atoms with Crippen LogP contribution >= 0.6 is 0 Å². The number of ether oxygens (including phenoxy) is 1. The van der Waals surface area contributed by atoms with Gasteiger partial charge >= 0.3 is 0 Å². The minimum absolute atomic E-state index is 0.0922. The van der Waals surface area contributed by atoms with Gasteiger partial charge in [0, 0.05) is 41.5 Å². The number of hydrogen-bond acceptors (Lipinski definition) is 6. The summed E-state index contributed by atoms with van der Waals surface area (Å²) in [5, 5.41) is 4.96. The molecule has 0 saturated carbocycles. The number of fused-ring (bicyclic) bond motifs is 3. The van der Waals surface area contributed by atoms with E-state index in [0.717, 1.165) is 16.5 Å². The van der Waals surface area contributed by atoms with Crippen LogP contribution in [0.1, 0.15) is 45.8 Å². The summed E-state index contributed by atoms with van der Waals surface area (Å²) in [6.45, 7) is 2.21. The lowest BCUT2D eigenvalue weighted by atomic mass is 10.00. The number of nitrogen functional groups attached to an aromatic ring is 1. The van der Waals surface area contributed by atoms with Crippen molar-refractivity contribution in [1.29, 1.82) is 0 Å². The monoisotopic (exact) mass is 456 g/mol. The average Bonchev–Trinajstić information content (AvgIpc) is 3.43. The molecule has 3 aromatic heterocycles. The van der Waals surface area contributed by atoms with E-state index in [1.165, 1.54) is 17.2 Å². The SMILES string of the molecule is C#Cc1cnc(CN(C(=O)c2ccc3nc(N)c4c(c3c2)COC4C)c2cnn(C)c2)c(F)c1. The van der Waals surface area contributed by atoms with E-state index in [1.54, 1.807) is 42.3 Å². The molecule has 4 heterocycles. The highest BCUT2D eigenvalue weighted by Crippen LogP contribution is 2.38. The Hall–Kier alpha value is -4.29. The summed E-state index contributed by atoms with van der Waals surface area (Å²) < 4.78 is 22.0. The molecule has 9 heteroatoms. The first kappa shape index (κ1) is 21.6. The summed E-state index contributed by atoms with van der Waals surface area (Å²) in [5.74, 6) is 1.86. The third-order valence-electron chi connectivity index (χ3n) is 5.93. The number of nitrogens with zero attached hydrogens (tertiary/aromatic N) is 5. The molecule has 1 aliphatic rings. The zero-order chi connectivity index (χ0) is 24.0. The van der Waals surface area contributed by atoms with Crippen LogP contribution in [0, 0.1) is 18.2 Å². The topological polar surface area (TPSA) is 99.2 Å². The molecule has 0 radical (unpaired) electrons. The molecule has 0 aliphatic carbocycles. The van der Waals surface area contributed by atoms with Crippen LogP contribution in [0.15, 0.2) is 42.9 Å². The Bertz CT molecular complexity index is 1490. The molecule has 0 bridgehead atoms. The average molecular weight is 456 g/mol. The smallest absolute Gasteiger partial charge is 0.258 e. The molecule has 170 valence electrons. The van der Waals surface area contributed by atoms with E-state index in [-0.39, 0.29) is 24.2 Å². The van der Waals surface area contributed by atoms with Crippen LogP contribution in [0.2, 0.25) is 0 Å². The summed E-state index contributed by atoms with van der Waals surface area (Å²) in [6.07, 6.45) is 9.80. The molecular weight excluding hydrogens is 435 g/mol. The highest BCUT2D eigenvalue weighted by atomic mass is 19.1. The molecule has 2 N–H and O–H groups in total. The zero-order valence-corrected chi connectivity index (χ0v) is 18.6. The molecule has 5 rings (SSSR count). The van der Waals surface area contributed by atoms with E-state index in [9.17, 15) is 9.18 Å². The third-order valence-corrected chi connectivity index (χ3v) is 5.93. The van der Waals surface area contributed by atoms with E-state index in [0.29, 0.717) is 34.8 Å². The van der Waals surface area contributed by atoms with Crippen molar-refractivity contribution < 1.29 is 13.9 Å². The van der Waals surface area contributed by atoms with Crippen LogP contribution in [0.4, 0.5) is 15.9 Å². The van der Waals surface area contributed by atoms with E-state index in [1.807, 2.05) is 6.92 Å². The molecule has 1 aliphatic heterocycles. The number of carbonyl (C=O) groups is 1. The standard InChI is InChI=1S/C25H21FN6O2/c1-4-15-7-20(26)22(28-9-15)12-32(17-10-29-31(3)11-17)25(33)16-5-6-21-18(8-16)19-13-34-14(2)23(19)24(27)30-21/h1,5-11,14H,12-13H2,2-3H3,(H2,27,30). The van der Waals surface area contributed by atoms with Gasteiger partial charge in [-0.1, -0.05) is 5.92 Å². The first-order chi connectivity index (χ1) is 16.4. The maximum absolute atomic E-state index is 14.7. The van der Waals surface area contributed by atoms with Crippen molar-refractivity contribution in [2.75, 3.05) is 10.6 Å². The molecular formula is C25H21FN6O2. The molecule has 0 spiro atoms. The minimum Gasteiger partial charge on any atom is -0.383 e. The van der Waals surface area contributed by atoms with Crippen LogP contribution in [-0.2, 0) is 24.9 Å². The van der Waals surface area contributed by atoms with Gasteiger partial charge in [0.25, 0.3) is 5.91 Å². The number of rotatable bonds is 4. The summed E-state index contributed by atoms with van der Waals surface area (Å²) in [4.78, 5) is 23.7. The highest BCUT2D eigenvalue weighted by molar-refractivity contribution is 6.08. The van der Waals surface area contributed by atoms with Crippen LogP contribution in [0.25, 0.3) is 10.9 Å². The fourth-order valence-corrected chi connectivity index (χ4v) is 4.19. The quantitative estimate of drug-likeness (QED) is 0.472. The second kappa shape index (κ2) is 8.24. The normalized spacial score (nSPS) is 14.7. The summed E-state index contributed by atoms with van der Waals surface area (Å²) >= 11 is 0. The Morgan fingerprint density at radius 1 is 1.38 bits per heavy atom. The number of amides is 1. The molecule has 1 amide bonds. The number of aryl methyl sites for hydroxylation is 1. The Labute approximate surface area is 195 Å². The van der Waals surface area contributed by atoms with Gasteiger partial charge in [-0.25, -0.2) is 9.37 Å². The molecule has 1 aromatic carbocycles. The van der Waals surface area contributed by atoms with Crippen molar-refractivity contribution in [2.24, 2.45) is 7.05 Å². The van der Waals surface area contributed by atoms with E-state index in [2.05, 4.69) is 21.0 Å². The van der Waals surface area contributed by atoms with Gasteiger partial charge < -0.3 is 10.5 Å². The van der Waals surface area contributed by atoms with Crippen LogP contribution in [0.5, 0.6) is 0 Å². The number of halogens is 1. The number of nitrogens with two attached hydrogens (primary N) is 1. The Morgan fingerprint density at radius 2 is 2.21 bits per heavy atom. The van der Waals surface area contributed by atoms with Gasteiger partial charge in [-0.15, -0.1) is 6.42 Å². The van der Waals surface area contributed by atoms with Crippen molar-refractivity contribution in [1.82, 2.24) is 19.7 Å². The molecule has 0 saturated heterocycles. The molecule has 1 atom stereocenters. The zero-order valence-electron chi connectivity index (χ0n) is 18.6. The number of anilines is 2. The van der Waals surface area contributed by atoms with Gasteiger partial charge in [0.2, 0.25) is 0 Å². The predicted octanol–water partition coefficient (Wildman–Crippen LogP) is 3.50.